The van der Waals surface area contributed by atoms with E-state index in [0.29, 0.717) is 22.6 Å². The second kappa shape index (κ2) is 8.49. The van der Waals surface area contributed by atoms with Crippen LogP contribution in [0.3, 0.4) is 0 Å². The van der Waals surface area contributed by atoms with Gasteiger partial charge in [-0.25, -0.2) is 0 Å². The molecule has 0 bridgehead atoms. The van der Waals surface area contributed by atoms with Gasteiger partial charge in [-0.2, -0.15) is 0 Å². The van der Waals surface area contributed by atoms with E-state index < -0.39 is 14.0 Å². The van der Waals surface area contributed by atoms with Crippen molar-refractivity contribution in [3.05, 3.63) is 65.7 Å². The molecule has 3 nitrogen and oxygen atoms in total. The summed E-state index contributed by atoms with van der Waals surface area (Å²) in [4.78, 5) is 13.3. The molecule has 1 atom stereocenters. The van der Waals surface area contributed by atoms with Crippen molar-refractivity contribution in [2.24, 2.45) is 0 Å². The second-order valence-corrected chi connectivity index (χ2v) is 5.26. The highest BCUT2D eigenvalue weighted by atomic mass is 16.5. The molecule has 2 aromatic rings. The molecule has 0 amide bonds. The molecule has 3 heteroatoms. The monoisotopic (exact) mass is 317 g/mol. The number of nitrogens with zero attached hydrogens (tertiary/aromatic N) is 1. The number of rotatable bonds is 8. The highest BCUT2D eigenvalue weighted by Crippen LogP contribution is 2.25. The zero-order valence-electron chi connectivity index (χ0n) is 19.2. The van der Waals surface area contributed by atoms with Crippen LogP contribution < -0.4 is 4.74 Å². The van der Waals surface area contributed by atoms with Gasteiger partial charge in [-0.05, 0) is 50.2 Å². The third kappa shape index (κ3) is 4.93. The van der Waals surface area contributed by atoms with E-state index in [0.717, 1.165) is 5.56 Å². The van der Waals surface area contributed by atoms with E-state index in [-0.39, 0.29) is 24.9 Å². The molecule has 0 aromatic heterocycles. The lowest BCUT2D eigenvalue weighted by Crippen LogP contribution is -2.19. The minimum Gasteiger partial charge on any atom is -0.492 e. The van der Waals surface area contributed by atoms with Crippen molar-refractivity contribution in [1.82, 2.24) is 4.90 Å². The second-order valence-electron chi connectivity index (χ2n) is 5.26. The van der Waals surface area contributed by atoms with Gasteiger partial charge in [0.1, 0.15) is 12.4 Å². The Bertz CT molecular complexity index is 773. The first kappa shape index (κ1) is 10.6. The van der Waals surface area contributed by atoms with Gasteiger partial charge in [0.25, 0.3) is 0 Å². The molecule has 0 radical (unpaired) electrons. The van der Waals surface area contributed by atoms with E-state index in [1.807, 2.05) is 37.3 Å². The molecular weight excluding hydrogens is 286 g/mol. The maximum Gasteiger partial charge on any atom is 0.170 e. The molecule has 0 heterocycles. The van der Waals surface area contributed by atoms with Crippen LogP contribution in [-0.4, -0.2) is 37.8 Å². The summed E-state index contributed by atoms with van der Waals surface area (Å²) in [6.45, 7) is -3.89. The highest BCUT2D eigenvalue weighted by molar-refractivity contribution is 6.01. The van der Waals surface area contributed by atoms with Crippen molar-refractivity contribution in [2.45, 2.75) is 19.3 Å². The van der Waals surface area contributed by atoms with E-state index in [2.05, 4.69) is 0 Å². The average molecular weight is 317 g/mol. The molecule has 0 aliphatic heterocycles. The summed E-state index contributed by atoms with van der Waals surface area (Å²) in [5.74, 6) is 0.224. The van der Waals surface area contributed by atoms with Crippen molar-refractivity contribution in [2.75, 3.05) is 27.1 Å². The van der Waals surface area contributed by atoms with E-state index in [9.17, 15) is 4.79 Å². The van der Waals surface area contributed by atoms with Crippen LogP contribution >= 0.6 is 0 Å². The molecule has 0 spiro atoms. The van der Waals surface area contributed by atoms with Gasteiger partial charge < -0.3 is 9.64 Å². The number of hydrogen-bond donors (Lipinski definition) is 0. The van der Waals surface area contributed by atoms with Gasteiger partial charge in [0.2, 0.25) is 0 Å². The minimum atomic E-state index is -2.74. The quantitative estimate of drug-likeness (QED) is 0.689. The molecule has 0 saturated carbocycles. The Hall–Kier alpha value is -2.13. The molecule has 1 unspecified atom stereocenters. The van der Waals surface area contributed by atoms with Crippen LogP contribution in [-0.2, 0) is 0 Å². The summed E-state index contributed by atoms with van der Waals surface area (Å²) in [5, 5.41) is 0. The van der Waals surface area contributed by atoms with Gasteiger partial charge in [0.05, 0.1) is 0 Å². The fourth-order valence-corrected chi connectivity index (χ4v) is 2.43. The van der Waals surface area contributed by atoms with Crippen molar-refractivity contribution in [3.8, 4) is 5.75 Å². The summed E-state index contributed by atoms with van der Waals surface area (Å²) in [5.41, 5.74) is 1.52. The Kier molecular flexibility index (Phi) is 3.92. The number of hydrogen-bond acceptors (Lipinski definition) is 3. The Labute approximate surface area is 147 Å². The molecule has 23 heavy (non-hydrogen) atoms. The van der Waals surface area contributed by atoms with Gasteiger partial charge in [0.15, 0.2) is 5.78 Å². The van der Waals surface area contributed by atoms with Crippen molar-refractivity contribution >= 4 is 5.78 Å². The van der Waals surface area contributed by atoms with Crippen molar-refractivity contribution in [1.29, 1.82) is 0 Å². The largest absolute Gasteiger partial charge is 0.492 e. The maximum atomic E-state index is 12.8. The van der Waals surface area contributed by atoms with E-state index in [4.69, 9.17) is 13.0 Å². The average Bonchev–Trinajstić information content (AvgIpc) is 2.65. The number of likely N-dealkylation sites (N-methyl/N-ethyl adjacent to an activating group) is 1. The number of ether oxygens (including phenoxy) is 1. The number of ketones is 1. The fourth-order valence-electron chi connectivity index (χ4n) is 2.43. The first-order valence-electron chi connectivity index (χ1n) is 10.6. The standard InChI is InChI=1S/C20H25NO2/c1-4-19(16-8-6-5-7-9-16)20(22)17-10-12-18(13-11-17)23-15-14-21(2)3/h5-13,19H,4,14-15H2,1-3H3/i2D3,3D3. The Morgan fingerprint density at radius 2 is 1.83 bits per heavy atom. The predicted octanol–water partition coefficient (Wildman–Crippen LogP) is 4.00. The van der Waals surface area contributed by atoms with Crippen LogP contribution in [0.25, 0.3) is 0 Å². The Morgan fingerprint density at radius 3 is 2.43 bits per heavy atom. The first-order valence-corrected chi connectivity index (χ1v) is 7.64. The lowest BCUT2D eigenvalue weighted by Gasteiger charge is -2.15. The molecule has 2 aromatic carbocycles. The maximum absolute atomic E-state index is 12.8. The zero-order chi connectivity index (χ0) is 21.7. The molecule has 2 rings (SSSR count). The first-order chi connectivity index (χ1) is 13.5. The molecular formula is C20H25NO2. The molecule has 122 valence electrons. The van der Waals surface area contributed by atoms with Crippen molar-refractivity contribution in [3.63, 3.8) is 0 Å². The lowest BCUT2D eigenvalue weighted by molar-refractivity contribution is 0.0957. The molecule has 0 fully saturated rings. The van der Waals surface area contributed by atoms with Crippen LogP contribution in [0.5, 0.6) is 5.75 Å². The number of Topliss-reactive ketones (excluding diaryl/α,β-unsaturated/α-hetero) is 1. The number of benzene rings is 2. The van der Waals surface area contributed by atoms with Gasteiger partial charge in [0, 0.05) is 26.3 Å². The molecule has 0 saturated heterocycles. The van der Waals surface area contributed by atoms with E-state index in [1.54, 1.807) is 24.3 Å². The SMILES string of the molecule is [2H]C([2H])([2H])N(CCOc1ccc(C(=O)C(CC)c2ccccc2)cc1)C([2H])([2H])[2H]. The van der Waals surface area contributed by atoms with Gasteiger partial charge in [-0.1, -0.05) is 37.3 Å². The third-order valence-electron chi connectivity index (χ3n) is 3.65. The topological polar surface area (TPSA) is 29.5 Å². The predicted molar refractivity (Wildman–Crippen MR) is 94.3 cm³/mol. The minimum absolute atomic E-state index is 0.0150. The smallest absolute Gasteiger partial charge is 0.170 e. The van der Waals surface area contributed by atoms with Crippen LogP contribution in [0.1, 0.15) is 43.4 Å². The zero-order valence-corrected chi connectivity index (χ0v) is 13.2. The van der Waals surface area contributed by atoms with Crippen LogP contribution in [0.2, 0.25) is 0 Å². The van der Waals surface area contributed by atoms with E-state index in [1.165, 1.54) is 0 Å². The van der Waals surface area contributed by atoms with E-state index >= 15 is 0 Å². The normalized spacial score (nSPS) is 17.1. The van der Waals surface area contributed by atoms with Crippen LogP contribution in [0, 0.1) is 0 Å². The lowest BCUT2D eigenvalue weighted by atomic mass is 9.89. The van der Waals surface area contributed by atoms with Crippen molar-refractivity contribution < 1.29 is 17.8 Å². The van der Waals surface area contributed by atoms with Crippen LogP contribution in [0.15, 0.2) is 54.6 Å². The third-order valence-corrected chi connectivity index (χ3v) is 3.65. The summed E-state index contributed by atoms with van der Waals surface area (Å²) in [6.07, 6.45) is 0.682. The number of carbonyl (C=O) groups is 1. The summed E-state index contributed by atoms with van der Waals surface area (Å²) in [7, 11) is 0. The van der Waals surface area contributed by atoms with Gasteiger partial charge in [-0.15, -0.1) is 0 Å². The Morgan fingerprint density at radius 1 is 1.13 bits per heavy atom. The summed E-state index contributed by atoms with van der Waals surface area (Å²) >= 11 is 0. The van der Waals surface area contributed by atoms with Gasteiger partial charge >= 0.3 is 0 Å². The van der Waals surface area contributed by atoms with Crippen LogP contribution in [0.4, 0.5) is 0 Å². The summed E-state index contributed by atoms with van der Waals surface area (Å²) < 4.78 is 49.5. The number of carbonyl (C=O) groups excluding carboxylic acids is 1. The molecule has 0 aliphatic carbocycles. The molecule has 0 N–H and O–H groups in total. The fraction of sp³-hybridized carbons (Fsp3) is 0.350. The Balaban J connectivity index is 2.00. The summed E-state index contributed by atoms with van der Waals surface area (Å²) in [6, 6.07) is 16.2. The van der Waals surface area contributed by atoms with Gasteiger partial charge in [-0.3, -0.25) is 4.79 Å². The molecule has 0 aliphatic rings. The highest BCUT2D eigenvalue weighted by Gasteiger charge is 2.19.